The molecule has 0 aromatic rings. The molecule has 110 valence electrons. The van der Waals surface area contributed by atoms with E-state index in [9.17, 15) is 4.79 Å². The maximum Gasteiger partial charge on any atom is 0.227 e. The largest absolute Gasteiger partial charge is 0.356 e. The Kier molecular flexibility index (Phi) is 5.22. The van der Waals surface area contributed by atoms with Crippen LogP contribution in [0.5, 0.6) is 0 Å². The zero-order chi connectivity index (χ0) is 13.7. The summed E-state index contributed by atoms with van der Waals surface area (Å²) < 4.78 is 0. The van der Waals surface area contributed by atoms with E-state index in [1.807, 2.05) is 7.05 Å². The fourth-order valence-corrected chi connectivity index (χ4v) is 3.51. The summed E-state index contributed by atoms with van der Waals surface area (Å²) in [6, 6.07) is 0. The normalized spacial score (nSPS) is 26.7. The summed E-state index contributed by atoms with van der Waals surface area (Å²) in [5, 5.41) is 6.34. The van der Waals surface area contributed by atoms with Gasteiger partial charge in [0.05, 0.1) is 5.41 Å². The van der Waals surface area contributed by atoms with Crippen LogP contribution in [0.3, 0.4) is 0 Å². The van der Waals surface area contributed by atoms with Crippen molar-refractivity contribution in [2.24, 2.45) is 11.3 Å². The van der Waals surface area contributed by atoms with Gasteiger partial charge in [0.2, 0.25) is 5.91 Å². The van der Waals surface area contributed by atoms with Crippen molar-refractivity contribution in [2.75, 3.05) is 40.3 Å². The summed E-state index contributed by atoms with van der Waals surface area (Å²) in [7, 11) is 4.13. The second kappa shape index (κ2) is 6.71. The van der Waals surface area contributed by atoms with E-state index in [4.69, 9.17) is 0 Å². The fourth-order valence-electron chi connectivity index (χ4n) is 3.51. The smallest absolute Gasteiger partial charge is 0.227 e. The molecule has 4 heteroatoms. The molecule has 1 heterocycles. The molecule has 19 heavy (non-hydrogen) atoms. The molecule has 1 aliphatic heterocycles. The highest BCUT2D eigenvalue weighted by molar-refractivity contribution is 5.83. The van der Waals surface area contributed by atoms with Crippen molar-refractivity contribution in [3.63, 3.8) is 0 Å². The van der Waals surface area contributed by atoms with Gasteiger partial charge in [-0.2, -0.15) is 0 Å². The highest BCUT2D eigenvalue weighted by Gasteiger charge is 2.43. The summed E-state index contributed by atoms with van der Waals surface area (Å²) in [5.74, 6) is 1.04. The lowest BCUT2D eigenvalue weighted by molar-refractivity contribution is -0.135. The minimum absolute atomic E-state index is 0.0991. The van der Waals surface area contributed by atoms with Gasteiger partial charge in [-0.1, -0.05) is 6.42 Å². The lowest BCUT2D eigenvalue weighted by atomic mass is 9.68. The summed E-state index contributed by atoms with van der Waals surface area (Å²) in [5.41, 5.74) is -0.0991. The van der Waals surface area contributed by atoms with Gasteiger partial charge in [0.15, 0.2) is 0 Å². The lowest BCUT2D eigenvalue weighted by Crippen LogP contribution is -2.51. The number of carbonyl (C=O) groups is 1. The van der Waals surface area contributed by atoms with Crippen molar-refractivity contribution < 1.29 is 4.79 Å². The number of nitrogens with zero attached hydrogens (tertiary/aromatic N) is 1. The highest BCUT2D eigenvalue weighted by Crippen LogP contribution is 2.40. The zero-order valence-corrected chi connectivity index (χ0v) is 12.5. The number of hydrogen-bond donors (Lipinski definition) is 2. The van der Waals surface area contributed by atoms with Crippen molar-refractivity contribution >= 4 is 5.91 Å². The molecule has 2 rings (SSSR count). The molecule has 2 aliphatic rings. The van der Waals surface area contributed by atoms with Gasteiger partial charge in [0.1, 0.15) is 0 Å². The van der Waals surface area contributed by atoms with Crippen LogP contribution in [0.15, 0.2) is 0 Å². The van der Waals surface area contributed by atoms with E-state index in [0.717, 1.165) is 38.3 Å². The Labute approximate surface area is 117 Å². The molecule has 0 aromatic heterocycles. The van der Waals surface area contributed by atoms with Gasteiger partial charge in [-0.15, -0.1) is 0 Å². The van der Waals surface area contributed by atoms with E-state index in [1.54, 1.807) is 0 Å². The molecule has 2 N–H and O–H groups in total. The van der Waals surface area contributed by atoms with Gasteiger partial charge >= 0.3 is 0 Å². The third kappa shape index (κ3) is 3.69. The topological polar surface area (TPSA) is 44.4 Å². The van der Waals surface area contributed by atoms with Crippen LogP contribution >= 0.6 is 0 Å². The minimum atomic E-state index is -0.0991. The van der Waals surface area contributed by atoms with E-state index in [1.165, 1.54) is 32.4 Å². The Bertz CT molecular complexity index is 302. The van der Waals surface area contributed by atoms with Crippen LogP contribution in [0, 0.1) is 11.3 Å². The van der Waals surface area contributed by atoms with E-state index in [0.29, 0.717) is 0 Å². The van der Waals surface area contributed by atoms with E-state index in [2.05, 4.69) is 22.6 Å². The first-order chi connectivity index (χ1) is 9.16. The molecule has 1 unspecified atom stereocenters. The lowest BCUT2D eigenvalue weighted by Gasteiger charge is -2.40. The summed E-state index contributed by atoms with van der Waals surface area (Å²) in [6.07, 6.45) is 7.05. The van der Waals surface area contributed by atoms with Crippen LogP contribution < -0.4 is 10.6 Å². The van der Waals surface area contributed by atoms with Gasteiger partial charge in [-0.3, -0.25) is 4.79 Å². The molecular weight excluding hydrogens is 238 g/mol. The molecule has 1 atom stereocenters. The number of carbonyl (C=O) groups excluding carboxylic acids is 1. The Hall–Kier alpha value is -0.610. The van der Waals surface area contributed by atoms with Crippen LogP contribution in [0.2, 0.25) is 0 Å². The van der Waals surface area contributed by atoms with Gasteiger partial charge in [-0.05, 0) is 58.7 Å². The molecule has 0 spiro atoms. The van der Waals surface area contributed by atoms with Gasteiger partial charge in [0, 0.05) is 19.6 Å². The maximum absolute atomic E-state index is 12.3. The number of likely N-dealkylation sites (tertiary alicyclic amines) is 1. The first-order valence-corrected chi connectivity index (χ1v) is 7.78. The molecule has 0 aromatic carbocycles. The average Bonchev–Trinajstić information content (AvgIpc) is 2.33. The molecule has 0 bridgehead atoms. The van der Waals surface area contributed by atoms with E-state index in [-0.39, 0.29) is 11.3 Å². The highest BCUT2D eigenvalue weighted by atomic mass is 16.2. The van der Waals surface area contributed by atoms with Crippen molar-refractivity contribution in [3.8, 4) is 0 Å². The molecule has 1 aliphatic carbocycles. The molecular formula is C15H29N3O. The summed E-state index contributed by atoms with van der Waals surface area (Å²) in [4.78, 5) is 14.7. The molecule has 0 radical (unpaired) electrons. The first kappa shape index (κ1) is 14.8. The van der Waals surface area contributed by atoms with E-state index < -0.39 is 0 Å². The van der Waals surface area contributed by atoms with Crippen molar-refractivity contribution in [3.05, 3.63) is 0 Å². The monoisotopic (exact) mass is 267 g/mol. The van der Waals surface area contributed by atoms with Crippen molar-refractivity contribution in [1.29, 1.82) is 0 Å². The summed E-state index contributed by atoms with van der Waals surface area (Å²) in [6.45, 7) is 4.10. The van der Waals surface area contributed by atoms with Gasteiger partial charge < -0.3 is 15.5 Å². The van der Waals surface area contributed by atoms with Gasteiger partial charge in [0.25, 0.3) is 0 Å². The molecule has 1 amide bonds. The molecule has 2 fully saturated rings. The minimum Gasteiger partial charge on any atom is -0.356 e. The van der Waals surface area contributed by atoms with Crippen LogP contribution in [-0.2, 0) is 4.79 Å². The zero-order valence-electron chi connectivity index (χ0n) is 12.5. The predicted octanol–water partition coefficient (Wildman–Crippen LogP) is 1.22. The van der Waals surface area contributed by atoms with Crippen molar-refractivity contribution in [1.82, 2.24) is 15.5 Å². The van der Waals surface area contributed by atoms with Crippen LogP contribution in [0.25, 0.3) is 0 Å². The Balaban J connectivity index is 1.68. The fraction of sp³-hybridized carbons (Fsp3) is 0.933. The van der Waals surface area contributed by atoms with Crippen LogP contribution in [-0.4, -0.2) is 51.1 Å². The predicted molar refractivity (Wildman–Crippen MR) is 78.1 cm³/mol. The number of amides is 1. The van der Waals surface area contributed by atoms with Crippen LogP contribution in [0.1, 0.15) is 38.5 Å². The van der Waals surface area contributed by atoms with Gasteiger partial charge in [-0.25, -0.2) is 0 Å². The Morgan fingerprint density at radius 2 is 2.16 bits per heavy atom. The maximum atomic E-state index is 12.3. The number of piperidine rings is 1. The number of nitrogens with one attached hydrogen (secondary N) is 2. The Morgan fingerprint density at radius 3 is 2.74 bits per heavy atom. The first-order valence-electron chi connectivity index (χ1n) is 7.78. The number of rotatable bonds is 6. The second-order valence-electron chi connectivity index (χ2n) is 6.48. The SMILES string of the molecule is CNCC1(C(=O)NCCC2CCCN(C)C2)CCC1. The Morgan fingerprint density at radius 1 is 1.37 bits per heavy atom. The summed E-state index contributed by atoms with van der Waals surface area (Å²) >= 11 is 0. The molecule has 1 saturated carbocycles. The third-order valence-corrected chi connectivity index (χ3v) is 4.87. The second-order valence-corrected chi connectivity index (χ2v) is 6.48. The number of hydrogen-bond acceptors (Lipinski definition) is 3. The standard InChI is InChI=1S/C15H29N3O/c1-16-12-15(7-4-8-15)14(19)17-9-6-13-5-3-10-18(2)11-13/h13,16H,3-12H2,1-2H3,(H,17,19). The van der Waals surface area contributed by atoms with E-state index >= 15 is 0 Å². The molecule has 4 nitrogen and oxygen atoms in total. The van der Waals surface area contributed by atoms with Crippen LogP contribution in [0.4, 0.5) is 0 Å². The average molecular weight is 267 g/mol. The molecule has 1 saturated heterocycles. The third-order valence-electron chi connectivity index (χ3n) is 4.87. The quantitative estimate of drug-likeness (QED) is 0.761. The van der Waals surface area contributed by atoms with Crippen molar-refractivity contribution in [2.45, 2.75) is 38.5 Å².